The number of nitrogens with zero attached hydrogens (tertiary/aromatic N) is 2. The number of rotatable bonds is 2. The first kappa shape index (κ1) is 13.0. The maximum absolute atomic E-state index is 4.70. The third-order valence-electron chi connectivity index (χ3n) is 2.95. The average molecular weight is 242 g/mol. The summed E-state index contributed by atoms with van der Waals surface area (Å²) in [6.45, 7) is 11.1. The molecule has 0 saturated heterocycles. The number of hydrogen-bond acceptors (Lipinski definition) is 2. The first-order chi connectivity index (χ1) is 8.35. The van der Waals surface area contributed by atoms with Crippen LogP contribution in [0.5, 0.6) is 0 Å². The molecule has 2 nitrogen and oxygen atoms in total. The van der Waals surface area contributed by atoms with Crippen molar-refractivity contribution >= 4 is 11.0 Å². The Hall–Kier alpha value is -1.44. The topological polar surface area (TPSA) is 25.8 Å². The van der Waals surface area contributed by atoms with E-state index < -0.39 is 0 Å². The molecular weight excluding hydrogens is 220 g/mol. The van der Waals surface area contributed by atoms with Crippen molar-refractivity contribution in [3.63, 3.8) is 0 Å². The SMILES string of the molecule is CC(C)c1cnc2ccc(CC(C)(C)C)cc2n1. The smallest absolute Gasteiger partial charge is 0.0892 e. The fraction of sp³-hybridized carbons (Fsp3) is 0.500. The monoisotopic (exact) mass is 242 g/mol. The molecule has 18 heavy (non-hydrogen) atoms. The molecule has 1 aromatic heterocycles. The van der Waals surface area contributed by atoms with Crippen LogP contribution in [0.1, 0.15) is 51.8 Å². The normalized spacial score (nSPS) is 12.3. The molecule has 96 valence electrons. The summed E-state index contributed by atoms with van der Waals surface area (Å²) in [5, 5.41) is 0. The Labute approximate surface area is 109 Å². The fourth-order valence-corrected chi connectivity index (χ4v) is 2.07. The molecule has 0 N–H and O–H groups in total. The summed E-state index contributed by atoms with van der Waals surface area (Å²) in [5.41, 5.74) is 4.71. The van der Waals surface area contributed by atoms with E-state index >= 15 is 0 Å². The molecule has 0 radical (unpaired) electrons. The van der Waals surface area contributed by atoms with Gasteiger partial charge in [0.2, 0.25) is 0 Å². The van der Waals surface area contributed by atoms with E-state index in [1.165, 1.54) is 5.56 Å². The highest BCUT2D eigenvalue weighted by atomic mass is 14.8. The molecule has 1 aromatic carbocycles. The largest absolute Gasteiger partial charge is 0.253 e. The van der Waals surface area contributed by atoms with Crippen LogP contribution in [-0.4, -0.2) is 9.97 Å². The van der Waals surface area contributed by atoms with E-state index in [-0.39, 0.29) is 0 Å². The molecule has 0 atom stereocenters. The zero-order valence-electron chi connectivity index (χ0n) is 12.0. The summed E-state index contributed by atoms with van der Waals surface area (Å²) in [6.07, 6.45) is 2.95. The minimum Gasteiger partial charge on any atom is -0.253 e. The lowest BCUT2D eigenvalue weighted by Crippen LogP contribution is -2.09. The van der Waals surface area contributed by atoms with Gasteiger partial charge in [-0.3, -0.25) is 4.98 Å². The molecule has 0 saturated carbocycles. The Morgan fingerprint density at radius 1 is 1.11 bits per heavy atom. The molecule has 0 fully saturated rings. The number of hydrogen-bond donors (Lipinski definition) is 0. The van der Waals surface area contributed by atoms with E-state index in [4.69, 9.17) is 4.98 Å². The van der Waals surface area contributed by atoms with Gasteiger partial charge in [0.1, 0.15) is 0 Å². The molecule has 0 aliphatic heterocycles. The Morgan fingerprint density at radius 2 is 1.83 bits per heavy atom. The highest BCUT2D eigenvalue weighted by molar-refractivity contribution is 5.74. The zero-order valence-corrected chi connectivity index (χ0v) is 12.0. The van der Waals surface area contributed by atoms with Gasteiger partial charge < -0.3 is 0 Å². The van der Waals surface area contributed by atoms with Gasteiger partial charge in [0.15, 0.2) is 0 Å². The van der Waals surface area contributed by atoms with Crippen LogP contribution in [0.15, 0.2) is 24.4 Å². The van der Waals surface area contributed by atoms with Crippen molar-refractivity contribution < 1.29 is 0 Å². The van der Waals surface area contributed by atoms with Crippen LogP contribution in [0.3, 0.4) is 0 Å². The Morgan fingerprint density at radius 3 is 2.44 bits per heavy atom. The van der Waals surface area contributed by atoms with Crippen molar-refractivity contribution in [2.45, 2.75) is 47.0 Å². The fourth-order valence-electron chi connectivity index (χ4n) is 2.07. The van der Waals surface area contributed by atoms with Crippen LogP contribution in [0.25, 0.3) is 11.0 Å². The van der Waals surface area contributed by atoms with Crippen LogP contribution >= 0.6 is 0 Å². The van der Waals surface area contributed by atoms with Crippen molar-refractivity contribution in [1.29, 1.82) is 0 Å². The number of fused-ring (bicyclic) bond motifs is 1. The second-order valence-corrected chi connectivity index (χ2v) is 6.51. The van der Waals surface area contributed by atoms with E-state index in [0.717, 1.165) is 23.1 Å². The van der Waals surface area contributed by atoms with Gasteiger partial charge in [-0.25, -0.2) is 4.98 Å². The molecular formula is C16H22N2. The van der Waals surface area contributed by atoms with Gasteiger partial charge in [-0.15, -0.1) is 0 Å². The first-order valence-corrected chi connectivity index (χ1v) is 6.61. The quantitative estimate of drug-likeness (QED) is 0.782. The molecule has 2 rings (SSSR count). The first-order valence-electron chi connectivity index (χ1n) is 6.61. The highest BCUT2D eigenvalue weighted by Gasteiger charge is 2.12. The molecule has 1 heterocycles. The van der Waals surface area contributed by atoms with Gasteiger partial charge in [-0.05, 0) is 35.4 Å². The van der Waals surface area contributed by atoms with Crippen LogP contribution < -0.4 is 0 Å². The summed E-state index contributed by atoms with van der Waals surface area (Å²) in [4.78, 5) is 9.18. The van der Waals surface area contributed by atoms with Crippen LogP contribution in [0.2, 0.25) is 0 Å². The molecule has 0 aliphatic rings. The van der Waals surface area contributed by atoms with E-state index in [1.54, 1.807) is 0 Å². The van der Waals surface area contributed by atoms with E-state index in [0.29, 0.717) is 11.3 Å². The van der Waals surface area contributed by atoms with Crippen molar-refractivity contribution in [2.24, 2.45) is 5.41 Å². The molecule has 0 spiro atoms. The van der Waals surface area contributed by atoms with E-state index in [2.05, 4.69) is 57.8 Å². The van der Waals surface area contributed by atoms with Gasteiger partial charge >= 0.3 is 0 Å². The summed E-state index contributed by atoms with van der Waals surface area (Å²) >= 11 is 0. The lowest BCUT2D eigenvalue weighted by Gasteiger charge is -2.18. The molecule has 0 aliphatic carbocycles. The Bertz CT molecular complexity index is 551. The summed E-state index contributed by atoms with van der Waals surface area (Å²) in [5.74, 6) is 0.424. The lowest BCUT2D eigenvalue weighted by molar-refractivity contribution is 0.411. The second kappa shape index (κ2) is 4.68. The van der Waals surface area contributed by atoms with Crippen molar-refractivity contribution in [2.75, 3.05) is 0 Å². The van der Waals surface area contributed by atoms with Gasteiger partial charge in [0, 0.05) is 6.20 Å². The van der Waals surface area contributed by atoms with Crippen LogP contribution in [0.4, 0.5) is 0 Å². The number of benzene rings is 1. The predicted octanol–water partition coefficient (Wildman–Crippen LogP) is 4.34. The average Bonchev–Trinajstić information content (AvgIpc) is 2.25. The molecule has 0 unspecified atom stereocenters. The summed E-state index contributed by atoms with van der Waals surface area (Å²) in [6, 6.07) is 6.42. The standard InChI is InChI=1S/C16H22N2/c1-11(2)15-10-17-13-7-6-12(8-14(13)18-15)9-16(3,4)5/h6-8,10-11H,9H2,1-5H3. The van der Waals surface area contributed by atoms with Gasteiger partial charge in [-0.1, -0.05) is 40.7 Å². The van der Waals surface area contributed by atoms with Gasteiger partial charge in [-0.2, -0.15) is 0 Å². The maximum atomic E-state index is 4.70. The molecule has 0 amide bonds. The minimum atomic E-state index is 0.302. The minimum absolute atomic E-state index is 0.302. The molecule has 2 aromatic rings. The van der Waals surface area contributed by atoms with E-state index in [1.807, 2.05) is 6.20 Å². The highest BCUT2D eigenvalue weighted by Crippen LogP contribution is 2.23. The maximum Gasteiger partial charge on any atom is 0.0892 e. The van der Waals surface area contributed by atoms with Crippen molar-refractivity contribution in [3.8, 4) is 0 Å². The number of aromatic nitrogens is 2. The van der Waals surface area contributed by atoms with Crippen molar-refractivity contribution in [1.82, 2.24) is 9.97 Å². The van der Waals surface area contributed by atoms with Crippen LogP contribution in [0, 0.1) is 5.41 Å². The molecule has 0 bridgehead atoms. The zero-order chi connectivity index (χ0) is 13.3. The van der Waals surface area contributed by atoms with E-state index in [9.17, 15) is 0 Å². The predicted molar refractivity (Wildman–Crippen MR) is 76.8 cm³/mol. The third-order valence-corrected chi connectivity index (χ3v) is 2.95. The second-order valence-electron chi connectivity index (χ2n) is 6.51. The summed E-state index contributed by atoms with van der Waals surface area (Å²) in [7, 11) is 0. The van der Waals surface area contributed by atoms with Gasteiger partial charge in [0.25, 0.3) is 0 Å². The van der Waals surface area contributed by atoms with Crippen LogP contribution in [-0.2, 0) is 6.42 Å². The van der Waals surface area contributed by atoms with Crippen molar-refractivity contribution in [3.05, 3.63) is 35.7 Å². The summed E-state index contributed by atoms with van der Waals surface area (Å²) < 4.78 is 0. The molecule has 2 heteroatoms. The Balaban J connectivity index is 2.42. The van der Waals surface area contributed by atoms with Gasteiger partial charge in [0.05, 0.1) is 16.7 Å². The third kappa shape index (κ3) is 3.06. The Kier molecular flexibility index (Phi) is 3.38. The lowest BCUT2D eigenvalue weighted by atomic mass is 9.88.